The second-order valence-electron chi connectivity index (χ2n) is 6.91. The summed E-state index contributed by atoms with van der Waals surface area (Å²) in [6.07, 6.45) is -0.113. The minimum Gasteiger partial charge on any atom is -0.494 e. The second kappa shape index (κ2) is 7.72. The predicted molar refractivity (Wildman–Crippen MR) is 106 cm³/mol. The van der Waals surface area contributed by atoms with Gasteiger partial charge in [0.2, 0.25) is 5.82 Å². The van der Waals surface area contributed by atoms with Gasteiger partial charge in [0, 0.05) is 0 Å². The number of hydrogen-bond donors (Lipinski definition) is 0. The van der Waals surface area contributed by atoms with Gasteiger partial charge in [0.15, 0.2) is 5.69 Å². The lowest BCUT2D eigenvalue weighted by Crippen LogP contribution is -2.21. The molecule has 7 nitrogen and oxygen atoms in total. The van der Waals surface area contributed by atoms with Crippen molar-refractivity contribution in [2.24, 2.45) is 0 Å². The highest BCUT2D eigenvalue weighted by Crippen LogP contribution is 2.30. The number of ether oxygens (including phenoxy) is 2. The van der Waals surface area contributed by atoms with Crippen LogP contribution in [0.15, 0.2) is 59.1 Å². The van der Waals surface area contributed by atoms with E-state index < -0.39 is 5.82 Å². The third-order valence-corrected chi connectivity index (χ3v) is 4.96. The standard InChI is InChI=1S/C22H19FN4O3/c1-2-28-16-9-7-14(8-10-16)20-12-27-15(13-29-20)11-19(25-27)22-24-21(26-30-22)17-5-3-4-6-18(17)23/h3-11,20H,2,12-13H2,1H3. The highest BCUT2D eigenvalue weighted by atomic mass is 19.1. The maximum Gasteiger partial charge on any atom is 0.278 e. The first-order valence-corrected chi connectivity index (χ1v) is 9.71. The SMILES string of the molecule is CCOc1ccc(C2Cn3nc(-c4nc(-c5ccccc5F)no4)cc3CO2)cc1. The normalized spacial score (nSPS) is 15.7. The molecule has 2 aromatic heterocycles. The molecular weight excluding hydrogens is 387 g/mol. The van der Waals surface area contributed by atoms with Crippen LogP contribution >= 0.6 is 0 Å². The summed E-state index contributed by atoms with van der Waals surface area (Å²) in [5, 5.41) is 8.49. The topological polar surface area (TPSA) is 75.2 Å². The van der Waals surface area contributed by atoms with Crippen LogP contribution in [-0.2, 0) is 17.9 Å². The van der Waals surface area contributed by atoms with Gasteiger partial charge in [0.05, 0.1) is 31.0 Å². The summed E-state index contributed by atoms with van der Waals surface area (Å²) in [4.78, 5) is 4.31. The van der Waals surface area contributed by atoms with Crippen molar-refractivity contribution in [2.45, 2.75) is 26.2 Å². The van der Waals surface area contributed by atoms with Crippen LogP contribution in [0, 0.1) is 5.82 Å². The Morgan fingerprint density at radius 1 is 1.17 bits per heavy atom. The summed E-state index contributed by atoms with van der Waals surface area (Å²) in [5.41, 5.74) is 2.80. The number of nitrogens with zero attached hydrogens (tertiary/aromatic N) is 4. The lowest BCUT2D eigenvalue weighted by molar-refractivity contribution is -0.00115. The van der Waals surface area contributed by atoms with E-state index in [-0.39, 0.29) is 23.4 Å². The van der Waals surface area contributed by atoms with Crippen LogP contribution in [0.3, 0.4) is 0 Å². The molecule has 0 saturated heterocycles. The van der Waals surface area contributed by atoms with E-state index in [1.807, 2.05) is 41.9 Å². The fourth-order valence-electron chi connectivity index (χ4n) is 3.46. The lowest BCUT2D eigenvalue weighted by Gasteiger charge is -2.24. The molecule has 0 radical (unpaired) electrons. The van der Waals surface area contributed by atoms with Crippen molar-refractivity contribution < 1.29 is 18.4 Å². The Hall–Kier alpha value is -3.52. The molecule has 0 saturated carbocycles. The average molecular weight is 406 g/mol. The second-order valence-corrected chi connectivity index (χ2v) is 6.91. The van der Waals surface area contributed by atoms with Crippen LogP contribution < -0.4 is 4.74 Å². The van der Waals surface area contributed by atoms with Gasteiger partial charge in [-0.3, -0.25) is 4.68 Å². The van der Waals surface area contributed by atoms with Crippen LogP contribution in [0.4, 0.5) is 4.39 Å². The van der Waals surface area contributed by atoms with Crippen LogP contribution in [0.5, 0.6) is 5.75 Å². The van der Waals surface area contributed by atoms with Crippen molar-refractivity contribution in [3.8, 4) is 28.7 Å². The quantitative estimate of drug-likeness (QED) is 0.489. The van der Waals surface area contributed by atoms with E-state index in [4.69, 9.17) is 14.0 Å². The Kier molecular flexibility index (Phi) is 4.76. The van der Waals surface area contributed by atoms with Crippen LogP contribution in [0.25, 0.3) is 23.0 Å². The Balaban J connectivity index is 1.36. The smallest absolute Gasteiger partial charge is 0.278 e. The molecule has 0 N–H and O–H groups in total. The van der Waals surface area contributed by atoms with E-state index in [0.29, 0.717) is 25.5 Å². The Labute approximate surface area is 172 Å². The number of fused-ring (bicyclic) bond motifs is 1. The van der Waals surface area contributed by atoms with Crippen LogP contribution in [0.1, 0.15) is 24.3 Å². The number of aromatic nitrogens is 4. The summed E-state index contributed by atoms with van der Waals surface area (Å²) in [6, 6.07) is 16.0. The van der Waals surface area contributed by atoms with Gasteiger partial charge in [-0.15, -0.1) is 0 Å². The molecule has 4 aromatic rings. The van der Waals surface area contributed by atoms with E-state index >= 15 is 0 Å². The number of rotatable bonds is 5. The van der Waals surface area contributed by atoms with Gasteiger partial charge in [-0.25, -0.2) is 4.39 Å². The summed E-state index contributed by atoms with van der Waals surface area (Å²) < 4.78 is 32.7. The molecule has 0 spiro atoms. The average Bonchev–Trinajstić information content (AvgIpc) is 3.41. The molecule has 2 aromatic carbocycles. The summed E-state index contributed by atoms with van der Waals surface area (Å²) in [5.74, 6) is 0.868. The van der Waals surface area contributed by atoms with Crippen molar-refractivity contribution >= 4 is 0 Å². The molecule has 1 atom stereocenters. The molecule has 5 rings (SSSR count). The van der Waals surface area contributed by atoms with Crippen LogP contribution in [-0.4, -0.2) is 26.5 Å². The first kappa shape index (κ1) is 18.5. The van der Waals surface area contributed by atoms with Gasteiger partial charge in [-0.2, -0.15) is 10.1 Å². The maximum atomic E-state index is 14.0. The zero-order valence-corrected chi connectivity index (χ0v) is 16.3. The van der Waals surface area contributed by atoms with Crippen molar-refractivity contribution in [2.75, 3.05) is 6.61 Å². The van der Waals surface area contributed by atoms with E-state index in [0.717, 1.165) is 17.0 Å². The van der Waals surface area contributed by atoms with Gasteiger partial charge < -0.3 is 14.0 Å². The first-order valence-electron chi connectivity index (χ1n) is 9.71. The zero-order chi connectivity index (χ0) is 20.5. The van der Waals surface area contributed by atoms with E-state index in [1.165, 1.54) is 6.07 Å². The summed E-state index contributed by atoms with van der Waals surface area (Å²) in [6.45, 7) is 3.57. The molecule has 0 aliphatic carbocycles. The number of halogens is 1. The fourth-order valence-corrected chi connectivity index (χ4v) is 3.46. The molecule has 0 fully saturated rings. The van der Waals surface area contributed by atoms with Gasteiger partial charge in [-0.1, -0.05) is 29.4 Å². The third kappa shape index (κ3) is 3.46. The molecule has 152 valence electrons. The molecular formula is C22H19FN4O3. The van der Waals surface area contributed by atoms with Crippen molar-refractivity contribution in [1.82, 2.24) is 19.9 Å². The highest BCUT2D eigenvalue weighted by molar-refractivity contribution is 5.58. The molecule has 1 unspecified atom stereocenters. The van der Waals surface area contributed by atoms with Crippen LogP contribution in [0.2, 0.25) is 0 Å². The van der Waals surface area contributed by atoms with Gasteiger partial charge in [0.25, 0.3) is 5.89 Å². The molecule has 1 aliphatic heterocycles. The fraction of sp³-hybridized carbons (Fsp3) is 0.227. The monoisotopic (exact) mass is 406 g/mol. The van der Waals surface area contributed by atoms with Gasteiger partial charge in [-0.05, 0) is 42.8 Å². The predicted octanol–water partition coefficient (Wildman–Crippen LogP) is 4.41. The zero-order valence-electron chi connectivity index (χ0n) is 16.3. The first-order chi connectivity index (χ1) is 14.7. The highest BCUT2D eigenvalue weighted by Gasteiger charge is 2.24. The third-order valence-electron chi connectivity index (χ3n) is 4.96. The molecule has 8 heteroatoms. The Bertz CT molecular complexity index is 1170. The van der Waals surface area contributed by atoms with E-state index in [9.17, 15) is 4.39 Å². The molecule has 30 heavy (non-hydrogen) atoms. The Morgan fingerprint density at radius 3 is 2.80 bits per heavy atom. The summed E-state index contributed by atoms with van der Waals surface area (Å²) in [7, 11) is 0. The van der Waals surface area contributed by atoms with E-state index in [2.05, 4.69) is 15.2 Å². The number of hydrogen-bond acceptors (Lipinski definition) is 6. The van der Waals surface area contributed by atoms with Crippen molar-refractivity contribution in [1.29, 1.82) is 0 Å². The van der Waals surface area contributed by atoms with Gasteiger partial charge >= 0.3 is 0 Å². The largest absolute Gasteiger partial charge is 0.494 e. The summed E-state index contributed by atoms with van der Waals surface area (Å²) >= 11 is 0. The molecule has 0 amide bonds. The minimum atomic E-state index is -0.402. The molecule has 1 aliphatic rings. The Morgan fingerprint density at radius 2 is 2.00 bits per heavy atom. The van der Waals surface area contributed by atoms with Gasteiger partial charge in [0.1, 0.15) is 17.7 Å². The maximum absolute atomic E-state index is 14.0. The van der Waals surface area contributed by atoms with Crippen molar-refractivity contribution in [3.05, 3.63) is 71.7 Å². The minimum absolute atomic E-state index is 0.113. The molecule has 3 heterocycles. The lowest BCUT2D eigenvalue weighted by atomic mass is 10.1. The number of benzene rings is 2. The van der Waals surface area contributed by atoms with E-state index in [1.54, 1.807) is 18.2 Å². The van der Waals surface area contributed by atoms with Crippen molar-refractivity contribution in [3.63, 3.8) is 0 Å². The molecule has 0 bridgehead atoms.